The summed E-state index contributed by atoms with van der Waals surface area (Å²) in [6.45, 7) is 5.99. The van der Waals surface area contributed by atoms with Crippen LogP contribution in [0.2, 0.25) is 10.0 Å². The average Bonchev–Trinajstić information content (AvgIpc) is 3.22. The topological polar surface area (TPSA) is 59.7 Å². The lowest BCUT2D eigenvalue weighted by Gasteiger charge is -2.08. The molecule has 3 rings (SSSR count). The van der Waals surface area contributed by atoms with Crippen LogP contribution in [-0.4, -0.2) is 24.7 Å². The van der Waals surface area contributed by atoms with Crippen LogP contribution in [0.25, 0.3) is 0 Å². The summed E-state index contributed by atoms with van der Waals surface area (Å²) in [4.78, 5) is 0. The van der Waals surface area contributed by atoms with Gasteiger partial charge in [0.05, 0.1) is 24.1 Å². The molecule has 0 aliphatic carbocycles. The number of hydrogen-bond donors (Lipinski definition) is 2. The van der Waals surface area contributed by atoms with E-state index in [-0.39, 0.29) is 0 Å². The van der Waals surface area contributed by atoms with Gasteiger partial charge in [0.25, 0.3) is 0 Å². The molecular weight excluding hydrogens is 403 g/mol. The number of anilines is 1. The summed E-state index contributed by atoms with van der Waals surface area (Å²) < 4.78 is 3.67. The Bertz CT molecular complexity index is 929. The van der Waals surface area contributed by atoms with E-state index in [1.807, 2.05) is 42.2 Å². The third kappa shape index (κ3) is 5.00. The number of thiocarbonyl (C=S) groups is 1. The standard InChI is InChI=1S/C18H20Cl2N6S/c1-3-25-9-13(12(2)24-25)7-21-18(27)23-14-8-22-26(10-14)11-15-16(19)5-4-6-17(15)20/h4-6,8-10H,3,7,11H2,1-2H3,(H2,21,23,27). The van der Waals surface area contributed by atoms with Crippen molar-refractivity contribution in [3.8, 4) is 0 Å². The van der Waals surface area contributed by atoms with Gasteiger partial charge in [0, 0.05) is 46.7 Å². The molecule has 0 atom stereocenters. The highest BCUT2D eigenvalue weighted by Gasteiger charge is 2.09. The Morgan fingerprint density at radius 2 is 1.93 bits per heavy atom. The van der Waals surface area contributed by atoms with Gasteiger partial charge in [0.15, 0.2) is 5.11 Å². The Labute approximate surface area is 173 Å². The Balaban J connectivity index is 1.57. The highest BCUT2D eigenvalue weighted by atomic mass is 35.5. The van der Waals surface area contributed by atoms with E-state index < -0.39 is 0 Å². The van der Waals surface area contributed by atoms with E-state index in [1.165, 1.54) is 0 Å². The maximum Gasteiger partial charge on any atom is 0.171 e. The molecule has 142 valence electrons. The lowest BCUT2D eigenvalue weighted by atomic mass is 10.2. The Hall–Kier alpha value is -2.09. The summed E-state index contributed by atoms with van der Waals surface area (Å²) in [5, 5.41) is 16.8. The van der Waals surface area contributed by atoms with Crippen molar-refractivity contribution in [2.75, 3.05) is 5.32 Å². The smallest absolute Gasteiger partial charge is 0.171 e. The third-order valence-corrected chi connectivity index (χ3v) is 5.04. The summed E-state index contributed by atoms with van der Waals surface area (Å²) in [5.41, 5.74) is 3.73. The number of nitrogens with one attached hydrogen (secondary N) is 2. The number of hydrogen-bond acceptors (Lipinski definition) is 3. The molecule has 2 N–H and O–H groups in total. The van der Waals surface area contributed by atoms with Gasteiger partial charge in [0.1, 0.15) is 0 Å². The van der Waals surface area contributed by atoms with Crippen molar-refractivity contribution in [3.63, 3.8) is 0 Å². The molecule has 2 heterocycles. The Kier molecular flexibility index (Phi) is 6.36. The molecule has 6 nitrogen and oxygen atoms in total. The van der Waals surface area contributed by atoms with Crippen molar-refractivity contribution in [2.45, 2.75) is 33.5 Å². The minimum Gasteiger partial charge on any atom is -0.358 e. The SMILES string of the molecule is CCn1cc(CNC(=S)Nc2cnn(Cc3c(Cl)cccc3Cl)c2)c(C)n1. The van der Waals surface area contributed by atoms with Gasteiger partial charge in [0.2, 0.25) is 0 Å². The summed E-state index contributed by atoms with van der Waals surface area (Å²) in [5.74, 6) is 0. The van der Waals surface area contributed by atoms with Crippen molar-refractivity contribution < 1.29 is 0 Å². The number of benzene rings is 1. The molecule has 0 spiro atoms. The molecule has 0 aliphatic rings. The Morgan fingerprint density at radius 3 is 2.59 bits per heavy atom. The maximum atomic E-state index is 6.22. The minimum atomic E-state index is 0.482. The molecule has 0 saturated heterocycles. The number of rotatable bonds is 6. The molecule has 27 heavy (non-hydrogen) atoms. The normalized spacial score (nSPS) is 10.8. The second-order valence-corrected chi connectivity index (χ2v) is 7.25. The zero-order chi connectivity index (χ0) is 19.4. The molecule has 0 radical (unpaired) electrons. The van der Waals surface area contributed by atoms with E-state index in [0.717, 1.165) is 29.1 Å². The molecule has 2 aromatic heterocycles. The molecule has 0 saturated carbocycles. The largest absolute Gasteiger partial charge is 0.358 e. The van der Waals surface area contributed by atoms with Gasteiger partial charge in [-0.3, -0.25) is 9.36 Å². The van der Waals surface area contributed by atoms with Crippen LogP contribution in [-0.2, 0) is 19.6 Å². The first-order valence-electron chi connectivity index (χ1n) is 8.49. The van der Waals surface area contributed by atoms with Gasteiger partial charge in [-0.05, 0) is 38.2 Å². The number of nitrogens with zero attached hydrogens (tertiary/aromatic N) is 4. The average molecular weight is 423 g/mol. The van der Waals surface area contributed by atoms with Gasteiger partial charge >= 0.3 is 0 Å². The fourth-order valence-corrected chi connectivity index (χ4v) is 3.31. The summed E-state index contributed by atoms with van der Waals surface area (Å²) in [6, 6.07) is 5.45. The van der Waals surface area contributed by atoms with Crippen LogP contribution in [0.1, 0.15) is 23.7 Å². The van der Waals surface area contributed by atoms with Crippen molar-refractivity contribution in [1.82, 2.24) is 24.9 Å². The van der Waals surface area contributed by atoms with Gasteiger partial charge in [-0.25, -0.2) is 0 Å². The molecule has 0 unspecified atom stereocenters. The third-order valence-electron chi connectivity index (χ3n) is 4.08. The van der Waals surface area contributed by atoms with E-state index in [1.54, 1.807) is 10.9 Å². The maximum absolute atomic E-state index is 6.22. The molecule has 0 bridgehead atoms. The predicted octanol–water partition coefficient (Wildman–Crippen LogP) is 4.25. The van der Waals surface area contributed by atoms with Crippen LogP contribution in [0.4, 0.5) is 5.69 Å². The molecule has 0 aliphatic heterocycles. The minimum absolute atomic E-state index is 0.482. The quantitative estimate of drug-likeness (QED) is 0.581. The summed E-state index contributed by atoms with van der Waals surface area (Å²) in [6.07, 6.45) is 5.59. The Morgan fingerprint density at radius 1 is 1.19 bits per heavy atom. The lowest BCUT2D eigenvalue weighted by Crippen LogP contribution is -2.27. The monoisotopic (exact) mass is 422 g/mol. The fourth-order valence-electron chi connectivity index (χ4n) is 2.61. The van der Waals surface area contributed by atoms with Gasteiger partial charge in [-0.15, -0.1) is 0 Å². The number of aryl methyl sites for hydroxylation is 2. The van der Waals surface area contributed by atoms with Crippen molar-refractivity contribution in [1.29, 1.82) is 0 Å². The van der Waals surface area contributed by atoms with Crippen LogP contribution in [0.5, 0.6) is 0 Å². The van der Waals surface area contributed by atoms with Crippen LogP contribution >= 0.6 is 35.4 Å². The first-order chi connectivity index (χ1) is 13.0. The van der Waals surface area contributed by atoms with E-state index in [0.29, 0.717) is 28.2 Å². The molecule has 3 aromatic rings. The molecule has 0 amide bonds. The second-order valence-electron chi connectivity index (χ2n) is 6.03. The van der Waals surface area contributed by atoms with Gasteiger partial charge < -0.3 is 10.6 Å². The van der Waals surface area contributed by atoms with Crippen LogP contribution in [0, 0.1) is 6.92 Å². The first kappa shape index (κ1) is 19.7. The van der Waals surface area contributed by atoms with Gasteiger partial charge in [-0.2, -0.15) is 10.2 Å². The fraction of sp³-hybridized carbons (Fsp3) is 0.278. The highest BCUT2D eigenvalue weighted by Crippen LogP contribution is 2.25. The second kappa shape index (κ2) is 8.73. The van der Waals surface area contributed by atoms with Crippen LogP contribution < -0.4 is 10.6 Å². The van der Waals surface area contributed by atoms with Crippen LogP contribution in [0.3, 0.4) is 0 Å². The molecule has 1 aromatic carbocycles. The summed E-state index contributed by atoms with van der Waals surface area (Å²) in [7, 11) is 0. The van der Waals surface area contributed by atoms with Crippen molar-refractivity contribution in [3.05, 3.63) is 63.7 Å². The number of halogens is 2. The molecule has 0 fully saturated rings. The van der Waals surface area contributed by atoms with E-state index in [2.05, 4.69) is 27.8 Å². The molecular formula is C18H20Cl2N6S. The summed E-state index contributed by atoms with van der Waals surface area (Å²) >= 11 is 17.8. The van der Waals surface area contributed by atoms with E-state index in [4.69, 9.17) is 35.4 Å². The van der Waals surface area contributed by atoms with E-state index >= 15 is 0 Å². The first-order valence-corrected chi connectivity index (χ1v) is 9.65. The zero-order valence-corrected chi connectivity index (χ0v) is 17.4. The van der Waals surface area contributed by atoms with E-state index in [9.17, 15) is 0 Å². The molecule has 9 heteroatoms. The lowest BCUT2D eigenvalue weighted by molar-refractivity contribution is 0.653. The van der Waals surface area contributed by atoms with Crippen molar-refractivity contribution in [2.24, 2.45) is 0 Å². The van der Waals surface area contributed by atoms with Crippen LogP contribution in [0.15, 0.2) is 36.8 Å². The zero-order valence-electron chi connectivity index (χ0n) is 15.0. The predicted molar refractivity (Wildman–Crippen MR) is 113 cm³/mol. The van der Waals surface area contributed by atoms with Gasteiger partial charge in [-0.1, -0.05) is 29.3 Å². The highest BCUT2D eigenvalue weighted by molar-refractivity contribution is 7.80. The number of aromatic nitrogens is 4. The van der Waals surface area contributed by atoms with Crippen molar-refractivity contribution >= 4 is 46.2 Å².